The van der Waals surface area contributed by atoms with E-state index in [1.807, 2.05) is 0 Å². The first kappa shape index (κ1) is 16.3. The molecule has 0 aromatic rings. The Morgan fingerprint density at radius 1 is 0.900 bits per heavy atom. The molecule has 0 bridgehead atoms. The molecule has 0 saturated heterocycles. The fourth-order valence-corrected chi connectivity index (χ4v) is 4.37. The summed E-state index contributed by atoms with van der Waals surface area (Å²) in [6, 6.07) is 0. The number of ether oxygens (including phenoxy) is 1. The van der Waals surface area contributed by atoms with E-state index in [-0.39, 0.29) is 5.60 Å². The highest BCUT2D eigenvalue weighted by Gasteiger charge is 2.40. The lowest BCUT2D eigenvalue weighted by molar-refractivity contribution is -0.121. The molecule has 2 rings (SSSR count). The van der Waals surface area contributed by atoms with Gasteiger partial charge in [-0.15, -0.1) is 0 Å². The third-order valence-electron chi connectivity index (χ3n) is 5.74. The fourth-order valence-electron chi connectivity index (χ4n) is 4.37. The van der Waals surface area contributed by atoms with Crippen LogP contribution in [-0.4, -0.2) is 36.7 Å². The zero-order valence-electron chi connectivity index (χ0n) is 13.8. The van der Waals surface area contributed by atoms with Crippen LogP contribution >= 0.6 is 0 Å². The Hall–Kier alpha value is -0.0800. The molecule has 0 radical (unpaired) electrons. The Morgan fingerprint density at radius 2 is 1.50 bits per heavy atom. The quantitative estimate of drug-likeness (QED) is 0.674. The van der Waals surface area contributed by atoms with Gasteiger partial charge in [-0.25, -0.2) is 0 Å². The average molecular weight is 281 g/mol. The van der Waals surface area contributed by atoms with Crippen molar-refractivity contribution in [3.8, 4) is 0 Å². The lowest BCUT2D eigenvalue weighted by atomic mass is 9.69. The Morgan fingerprint density at radius 3 is 2.10 bits per heavy atom. The summed E-state index contributed by atoms with van der Waals surface area (Å²) in [5.41, 5.74) is 0.256. The van der Waals surface area contributed by atoms with Crippen LogP contribution in [0.4, 0.5) is 0 Å². The largest absolute Gasteiger partial charge is 0.373 e. The summed E-state index contributed by atoms with van der Waals surface area (Å²) in [6.07, 6.45) is 14.0. The van der Waals surface area contributed by atoms with E-state index in [4.69, 9.17) is 4.74 Å². The van der Waals surface area contributed by atoms with Crippen LogP contribution in [0.5, 0.6) is 0 Å². The van der Waals surface area contributed by atoms with E-state index in [9.17, 15) is 0 Å². The molecule has 0 unspecified atom stereocenters. The molecule has 2 aliphatic rings. The second kappa shape index (κ2) is 8.38. The summed E-state index contributed by atoms with van der Waals surface area (Å²) in [6.45, 7) is 8.86. The molecule has 0 heterocycles. The van der Waals surface area contributed by atoms with Gasteiger partial charge in [0.05, 0.1) is 12.2 Å². The van der Waals surface area contributed by atoms with Gasteiger partial charge in [-0.2, -0.15) is 0 Å². The Bertz CT molecular complexity index is 250. The Kier molecular flexibility index (Phi) is 6.83. The highest BCUT2D eigenvalue weighted by Crippen LogP contribution is 2.44. The molecule has 0 amide bonds. The topological polar surface area (TPSA) is 12.5 Å². The number of nitrogens with zero attached hydrogens (tertiary/aromatic N) is 1. The molecule has 2 nitrogen and oxygen atoms in total. The van der Waals surface area contributed by atoms with Crippen molar-refractivity contribution in [1.82, 2.24) is 4.90 Å². The Labute approximate surface area is 126 Å². The second-order valence-corrected chi connectivity index (χ2v) is 6.84. The Balaban J connectivity index is 1.89. The van der Waals surface area contributed by atoms with Crippen molar-refractivity contribution < 1.29 is 4.74 Å². The molecule has 0 aromatic heterocycles. The SMILES string of the molecule is CCN(CC)CCOC1(C2CCCCC2)CCCCC1. The van der Waals surface area contributed by atoms with E-state index >= 15 is 0 Å². The highest BCUT2D eigenvalue weighted by molar-refractivity contribution is 4.92. The van der Waals surface area contributed by atoms with Gasteiger partial charge < -0.3 is 9.64 Å². The lowest BCUT2D eigenvalue weighted by Crippen LogP contribution is -2.45. The van der Waals surface area contributed by atoms with Crippen LogP contribution in [0.3, 0.4) is 0 Å². The van der Waals surface area contributed by atoms with E-state index in [2.05, 4.69) is 18.7 Å². The molecule has 118 valence electrons. The molecule has 2 saturated carbocycles. The molecule has 2 heteroatoms. The maximum absolute atomic E-state index is 6.60. The van der Waals surface area contributed by atoms with Crippen molar-refractivity contribution in [2.24, 2.45) is 5.92 Å². The molecule has 2 aliphatic carbocycles. The molecule has 20 heavy (non-hydrogen) atoms. The van der Waals surface area contributed by atoms with E-state index in [0.29, 0.717) is 0 Å². The summed E-state index contributed by atoms with van der Waals surface area (Å²) in [7, 11) is 0. The van der Waals surface area contributed by atoms with Gasteiger partial charge in [0.1, 0.15) is 0 Å². The zero-order valence-corrected chi connectivity index (χ0v) is 13.8. The predicted molar refractivity (Wildman–Crippen MR) is 86.1 cm³/mol. The van der Waals surface area contributed by atoms with Gasteiger partial charge in [-0.05, 0) is 44.7 Å². The zero-order chi connectivity index (χ0) is 14.3. The summed E-state index contributed by atoms with van der Waals surface area (Å²) >= 11 is 0. The molecule has 0 N–H and O–H groups in total. The van der Waals surface area contributed by atoms with Crippen LogP contribution in [0.15, 0.2) is 0 Å². The van der Waals surface area contributed by atoms with Crippen LogP contribution in [0.1, 0.15) is 78.1 Å². The second-order valence-electron chi connectivity index (χ2n) is 6.84. The van der Waals surface area contributed by atoms with Crippen LogP contribution in [0.25, 0.3) is 0 Å². The number of hydrogen-bond donors (Lipinski definition) is 0. The van der Waals surface area contributed by atoms with Crippen molar-refractivity contribution in [2.45, 2.75) is 83.7 Å². The molecule has 2 fully saturated rings. The monoisotopic (exact) mass is 281 g/mol. The number of hydrogen-bond acceptors (Lipinski definition) is 2. The minimum absolute atomic E-state index is 0.256. The highest BCUT2D eigenvalue weighted by atomic mass is 16.5. The maximum atomic E-state index is 6.60. The summed E-state index contributed by atoms with van der Waals surface area (Å²) in [5, 5.41) is 0. The van der Waals surface area contributed by atoms with Crippen LogP contribution in [0, 0.1) is 5.92 Å². The predicted octanol–water partition coefficient (Wildman–Crippen LogP) is 4.63. The van der Waals surface area contributed by atoms with Crippen LogP contribution < -0.4 is 0 Å². The number of likely N-dealkylation sites (N-methyl/N-ethyl adjacent to an activating group) is 1. The molecule has 0 spiro atoms. The molecule has 0 aromatic carbocycles. The molecular formula is C18H35NO. The van der Waals surface area contributed by atoms with Gasteiger partial charge >= 0.3 is 0 Å². The van der Waals surface area contributed by atoms with E-state index < -0.39 is 0 Å². The molecular weight excluding hydrogens is 246 g/mol. The molecule has 0 atom stereocenters. The van der Waals surface area contributed by atoms with Gasteiger partial charge in [0.15, 0.2) is 0 Å². The summed E-state index contributed by atoms with van der Waals surface area (Å²) in [4.78, 5) is 2.48. The van der Waals surface area contributed by atoms with E-state index in [1.165, 1.54) is 64.2 Å². The van der Waals surface area contributed by atoms with Crippen molar-refractivity contribution in [3.05, 3.63) is 0 Å². The van der Waals surface area contributed by atoms with Gasteiger partial charge in [-0.3, -0.25) is 0 Å². The van der Waals surface area contributed by atoms with Gasteiger partial charge in [-0.1, -0.05) is 52.4 Å². The van der Waals surface area contributed by atoms with Crippen LogP contribution in [0.2, 0.25) is 0 Å². The first-order chi connectivity index (χ1) is 9.80. The third kappa shape index (κ3) is 4.21. The van der Waals surface area contributed by atoms with Crippen molar-refractivity contribution in [3.63, 3.8) is 0 Å². The van der Waals surface area contributed by atoms with Crippen molar-refractivity contribution >= 4 is 0 Å². The van der Waals surface area contributed by atoms with Crippen LogP contribution in [-0.2, 0) is 4.74 Å². The summed E-state index contributed by atoms with van der Waals surface area (Å²) in [5.74, 6) is 0.855. The lowest BCUT2D eigenvalue weighted by Gasteiger charge is -2.45. The number of rotatable bonds is 7. The third-order valence-corrected chi connectivity index (χ3v) is 5.74. The fraction of sp³-hybridized carbons (Fsp3) is 1.00. The first-order valence-corrected chi connectivity index (χ1v) is 9.17. The van der Waals surface area contributed by atoms with Gasteiger partial charge in [0.2, 0.25) is 0 Å². The van der Waals surface area contributed by atoms with Crippen molar-refractivity contribution in [1.29, 1.82) is 0 Å². The first-order valence-electron chi connectivity index (χ1n) is 9.17. The normalized spacial score (nSPS) is 24.1. The average Bonchev–Trinajstić information content (AvgIpc) is 2.53. The van der Waals surface area contributed by atoms with Gasteiger partial charge in [0, 0.05) is 6.54 Å². The van der Waals surface area contributed by atoms with Crippen molar-refractivity contribution in [2.75, 3.05) is 26.2 Å². The van der Waals surface area contributed by atoms with E-state index in [1.54, 1.807) is 0 Å². The standard InChI is InChI=1S/C18H35NO/c1-3-19(4-2)15-16-20-18(13-9-6-10-14-18)17-11-7-5-8-12-17/h17H,3-16H2,1-2H3. The summed E-state index contributed by atoms with van der Waals surface area (Å²) < 4.78 is 6.60. The maximum Gasteiger partial charge on any atom is 0.0711 e. The van der Waals surface area contributed by atoms with Gasteiger partial charge in [0.25, 0.3) is 0 Å². The molecule has 0 aliphatic heterocycles. The van der Waals surface area contributed by atoms with E-state index in [0.717, 1.165) is 32.2 Å². The minimum atomic E-state index is 0.256. The minimum Gasteiger partial charge on any atom is -0.373 e. The smallest absolute Gasteiger partial charge is 0.0711 e.